The van der Waals surface area contributed by atoms with Gasteiger partial charge in [0.1, 0.15) is 11.4 Å². The van der Waals surface area contributed by atoms with Crippen LogP contribution in [0.5, 0.6) is 0 Å². The summed E-state index contributed by atoms with van der Waals surface area (Å²) in [4.78, 5) is 35.9. The summed E-state index contributed by atoms with van der Waals surface area (Å²) in [5.41, 5.74) is 1.83. The molecule has 0 spiro atoms. The van der Waals surface area contributed by atoms with Crippen LogP contribution in [0.15, 0.2) is 64.8 Å². The first-order chi connectivity index (χ1) is 10.7. The molecule has 0 bridgehead atoms. The van der Waals surface area contributed by atoms with Crippen molar-refractivity contribution in [2.75, 3.05) is 0 Å². The molecule has 1 aliphatic carbocycles. The molecular formula is C17H13N3O2. The highest BCUT2D eigenvalue weighted by Crippen LogP contribution is 2.20. The van der Waals surface area contributed by atoms with Crippen LogP contribution >= 0.6 is 0 Å². The molecule has 2 aromatic rings. The topological polar surface area (TPSA) is 71.8 Å². The lowest BCUT2D eigenvalue weighted by Crippen LogP contribution is -2.50. The quantitative estimate of drug-likeness (QED) is 0.816. The highest BCUT2D eigenvalue weighted by atomic mass is 16.2. The van der Waals surface area contributed by atoms with Gasteiger partial charge in [0, 0.05) is 12.4 Å². The second-order valence-corrected chi connectivity index (χ2v) is 4.89. The minimum Gasteiger partial charge on any atom is -0.283 e. The maximum Gasteiger partial charge on any atom is 0.255 e. The SMILES string of the molecule is C[C@@H](N=C1C(=O)C(=O)C1=Nc1ccncc1)c1ccccc1. The maximum atomic E-state index is 11.8. The van der Waals surface area contributed by atoms with Crippen LogP contribution < -0.4 is 0 Å². The number of aromatic nitrogens is 1. The Kier molecular flexibility index (Phi) is 3.70. The number of aliphatic imine (C=N–C) groups is 2. The highest BCUT2D eigenvalue weighted by Gasteiger charge is 2.42. The van der Waals surface area contributed by atoms with Gasteiger partial charge in [-0.05, 0) is 24.6 Å². The molecule has 1 aliphatic rings. The Balaban J connectivity index is 1.92. The minimum absolute atomic E-state index is 0.124. The molecule has 3 rings (SSSR count). The fourth-order valence-corrected chi connectivity index (χ4v) is 2.14. The molecule has 5 heteroatoms. The molecular weight excluding hydrogens is 278 g/mol. The minimum atomic E-state index is -0.587. The summed E-state index contributed by atoms with van der Waals surface area (Å²) in [5.74, 6) is -1.16. The predicted molar refractivity (Wildman–Crippen MR) is 83.6 cm³/mol. The molecule has 1 atom stereocenters. The van der Waals surface area contributed by atoms with Gasteiger partial charge in [-0.1, -0.05) is 30.3 Å². The molecule has 1 heterocycles. The first-order valence-corrected chi connectivity index (χ1v) is 6.87. The zero-order valence-electron chi connectivity index (χ0n) is 11.9. The molecule has 108 valence electrons. The number of hydrogen-bond donors (Lipinski definition) is 0. The van der Waals surface area contributed by atoms with Crippen molar-refractivity contribution in [3.63, 3.8) is 0 Å². The van der Waals surface area contributed by atoms with Crippen molar-refractivity contribution in [1.82, 2.24) is 4.98 Å². The van der Waals surface area contributed by atoms with E-state index >= 15 is 0 Å². The first kappa shape index (κ1) is 14.0. The van der Waals surface area contributed by atoms with Crippen molar-refractivity contribution in [1.29, 1.82) is 0 Å². The highest BCUT2D eigenvalue weighted by molar-refractivity contribution is 7.10. The molecule has 0 unspecified atom stereocenters. The summed E-state index contributed by atoms with van der Waals surface area (Å²) in [5, 5.41) is 0. The lowest BCUT2D eigenvalue weighted by Gasteiger charge is -2.18. The second-order valence-electron chi connectivity index (χ2n) is 4.89. The number of hydrogen-bond acceptors (Lipinski definition) is 5. The van der Waals surface area contributed by atoms with E-state index in [0.717, 1.165) is 5.56 Å². The largest absolute Gasteiger partial charge is 0.283 e. The van der Waals surface area contributed by atoms with Gasteiger partial charge in [0.25, 0.3) is 11.6 Å². The summed E-state index contributed by atoms with van der Waals surface area (Å²) in [6.45, 7) is 1.88. The number of nitrogens with zero attached hydrogens (tertiary/aromatic N) is 3. The molecule has 1 fully saturated rings. The zero-order chi connectivity index (χ0) is 15.5. The van der Waals surface area contributed by atoms with Gasteiger partial charge in [-0.25, -0.2) is 4.99 Å². The van der Waals surface area contributed by atoms with E-state index < -0.39 is 11.6 Å². The molecule has 0 amide bonds. The van der Waals surface area contributed by atoms with Gasteiger partial charge in [0.2, 0.25) is 0 Å². The van der Waals surface area contributed by atoms with Crippen LogP contribution in [0.4, 0.5) is 5.69 Å². The van der Waals surface area contributed by atoms with E-state index in [0.29, 0.717) is 5.69 Å². The molecule has 22 heavy (non-hydrogen) atoms. The van der Waals surface area contributed by atoms with Gasteiger partial charge < -0.3 is 0 Å². The average molecular weight is 291 g/mol. The van der Waals surface area contributed by atoms with Crippen molar-refractivity contribution in [3.05, 3.63) is 60.4 Å². The Hall–Kier alpha value is -2.95. The molecule has 1 saturated carbocycles. The molecule has 0 N–H and O–H groups in total. The Morgan fingerprint density at radius 3 is 2.23 bits per heavy atom. The van der Waals surface area contributed by atoms with Crippen molar-refractivity contribution >= 4 is 28.7 Å². The molecule has 1 aromatic carbocycles. The van der Waals surface area contributed by atoms with Gasteiger partial charge in [-0.15, -0.1) is 0 Å². The summed E-state index contributed by atoms with van der Waals surface area (Å²) in [6, 6.07) is 12.7. The normalized spacial score (nSPS) is 19.3. The zero-order valence-corrected chi connectivity index (χ0v) is 11.9. The van der Waals surface area contributed by atoms with E-state index in [1.165, 1.54) is 0 Å². The van der Waals surface area contributed by atoms with Crippen LogP contribution in [0.1, 0.15) is 18.5 Å². The smallest absolute Gasteiger partial charge is 0.255 e. The van der Waals surface area contributed by atoms with Crippen LogP contribution in [-0.2, 0) is 9.59 Å². The van der Waals surface area contributed by atoms with Gasteiger partial charge in [0.05, 0.1) is 11.7 Å². The molecule has 0 radical (unpaired) electrons. The Labute approximate surface area is 127 Å². The standard InChI is InChI=1S/C17H13N3O2/c1-11(12-5-3-2-4-6-12)19-14-15(17(22)16(14)21)20-13-7-9-18-10-8-13/h2-11H,1H3/t11-/m1/s1. The Morgan fingerprint density at radius 2 is 1.55 bits per heavy atom. The Morgan fingerprint density at radius 1 is 0.909 bits per heavy atom. The average Bonchev–Trinajstić information content (AvgIpc) is 2.59. The molecule has 5 nitrogen and oxygen atoms in total. The summed E-state index contributed by atoms with van der Waals surface area (Å²) >= 11 is 0. The number of benzene rings is 1. The first-order valence-electron chi connectivity index (χ1n) is 6.87. The number of carbonyl (C=O) groups is 2. The molecule has 0 saturated heterocycles. The fourth-order valence-electron chi connectivity index (χ4n) is 2.14. The number of ketones is 2. The van der Waals surface area contributed by atoms with Crippen molar-refractivity contribution in [2.24, 2.45) is 9.98 Å². The predicted octanol–water partition coefficient (Wildman–Crippen LogP) is 2.51. The van der Waals surface area contributed by atoms with Gasteiger partial charge >= 0.3 is 0 Å². The summed E-state index contributed by atoms with van der Waals surface area (Å²) in [6.07, 6.45) is 3.15. The van der Waals surface area contributed by atoms with Crippen LogP contribution in [0.3, 0.4) is 0 Å². The van der Waals surface area contributed by atoms with Crippen LogP contribution in [0.2, 0.25) is 0 Å². The number of Topliss-reactive ketones (excluding diaryl/α,β-unsaturated/α-hetero) is 2. The third kappa shape index (κ3) is 2.61. The van der Waals surface area contributed by atoms with E-state index in [1.807, 2.05) is 37.3 Å². The third-order valence-corrected chi connectivity index (χ3v) is 3.37. The van der Waals surface area contributed by atoms with E-state index in [4.69, 9.17) is 0 Å². The lowest BCUT2D eigenvalue weighted by molar-refractivity contribution is -0.129. The van der Waals surface area contributed by atoms with Crippen molar-refractivity contribution in [3.8, 4) is 0 Å². The number of carbonyl (C=O) groups excluding carboxylic acids is 2. The molecule has 1 aromatic heterocycles. The maximum absolute atomic E-state index is 11.8. The van der Waals surface area contributed by atoms with E-state index in [-0.39, 0.29) is 17.5 Å². The van der Waals surface area contributed by atoms with Crippen LogP contribution in [0.25, 0.3) is 0 Å². The van der Waals surface area contributed by atoms with E-state index in [1.54, 1.807) is 24.5 Å². The summed E-state index contributed by atoms with van der Waals surface area (Å²) in [7, 11) is 0. The number of rotatable bonds is 3. The lowest BCUT2D eigenvalue weighted by atomic mass is 9.89. The second kappa shape index (κ2) is 5.81. The van der Waals surface area contributed by atoms with Gasteiger partial charge in [-0.2, -0.15) is 0 Å². The third-order valence-electron chi connectivity index (χ3n) is 3.37. The summed E-state index contributed by atoms with van der Waals surface area (Å²) < 4.78 is 0. The van der Waals surface area contributed by atoms with Gasteiger partial charge in [0.15, 0.2) is 0 Å². The van der Waals surface area contributed by atoms with Crippen LogP contribution in [0, 0.1) is 0 Å². The van der Waals surface area contributed by atoms with Crippen LogP contribution in [-0.4, -0.2) is 28.0 Å². The van der Waals surface area contributed by atoms with Gasteiger partial charge in [-0.3, -0.25) is 19.6 Å². The van der Waals surface area contributed by atoms with Crippen molar-refractivity contribution in [2.45, 2.75) is 13.0 Å². The Bertz CT molecular complexity index is 780. The fraction of sp³-hybridized carbons (Fsp3) is 0.118. The van der Waals surface area contributed by atoms with E-state index in [2.05, 4.69) is 15.0 Å². The molecule has 0 aliphatic heterocycles. The monoisotopic (exact) mass is 291 g/mol. The van der Waals surface area contributed by atoms with Crippen molar-refractivity contribution < 1.29 is 9.59 Å². The van der Waals surface area contributed by atoms with E-state index in [9.17, 15) is 9.59 Å². The number of pyridine rings is 1.